The molecule has 1 unspecified atom stereocenters. The van der Waals surface area contributed by atoms with Gasteiger partial charge in [0.05, 0.1) is 0 Å². The van der Waals surface area contributed by atoms with Crippen LogP contribution in [-0.2, 0) is 9.59 Å². The molecular weight excluding hydrogens is 234 g/mol. The van der Waals surface area contributed by atoms with Gasteiger partial charge in [-0.3, -0.25) is 19.8 Å². The van der Waals surface area contributed by atoms with Gasteiger partial charge in [-0.25, -0.2) is 4.79 Å². The molecule has 3 aliphatic rings. The average Bonchev–Trinajstić information content (AvgIpc) is 3.02. The third-order valence-corrected chi connectivity index (χ3v) is 4.23. The van der Waals surface area contributed by atoms with Gasteiger partial charge >= 0.3 is 6.03 Å². The van der Waals surface area contributed by atoms with Gasteiger partial charge < -0.3 is 4.90 Å². The second-order valence-corrected chi connectivity index (χ2v) is 5.67. The molecule has 1 atom stereocenters. The quantitative estimate of drug-likeness (QED) is 0.690. The second kappa shape index (κ2) is 3.78. The predicted molar refractivity (Wildman–Crippen MR) is 62.5 cm³/mol. The van der Waals surface area contributed by atoms with Crippen molar-refractivity contribution in [3.63, 3.8) is 0 Å². The summed E-state index contributed by atoms with van der Waals surface area (Å²) in [7, 11) is 2.03. The van der Waals surface area contributed by atoms with Crippen LogP contribution in [0.2, 0.25) is 0 Å². The molecule has 6 heteroatoms. The van der Waals surface area contributed by atoms with Gasteiger partial charge in [0.1, 0.15) is 5.41 Å². The van der Waals surface area contributed by atoms with Crippen molar-refractivity contribution in [2.75, 3.05) is 26.7 Å². The summed E-state index contributed by atoms with van der Waals surface area (Å²) >= 11 is 0. The molecule has 6 nitrogen and oxygen atoms in total. The zero-order chi connectivity index (χ0) is 12.9. The third kappa shape index (κ3) is 1.63. The first-order valence-corrected chi connectivity index (χ1v) is 6.39. The Hall–Kier alpha value is -1.43. The summed E-state index contributed by atoms with van der Waals surface area (Å²) < 4.78 is 0. The molecule has 2 saturated heterocycles. The molecule has 98 valence electrons. The van der Waals surface area contributed by atoms with Crippen molar-refractivity contribution in [3.8, 4) is 0 Å². The highest BCUT2D eigenvalue weighted by molar-refractivity contribution is 6.20. The fraction of sp³-hybridized carbons (Fsp3) is 0.750. The molecule has 1 spiro atoms. The van der Waals surface area contributed by atoms with Crippen LogP contribution < -0.4 is 5.32 Å². The summed E-state index contributed by atoms with van der Waals surface area (Å²) in [6.07, 6.45) is 2.15. The predicted octanol–water partition coefficient (Wildman–Crippen LogP) is -0.203. The van der Waals surface area contributed by atoms with Gasteiger partial charge in [0.15, 0.2) is 0 Å². The Balaban J connectivity index is 1.73. The van der Waals surface area contributed by atoms with E-state index in [4.69, 9.17) is 0 Å². The van der Waals surface area contributed by atoms with E-state index >= 15 is 0 Å². The molecule has 2 heterocycles. The molecule has 2 aliphatic heterocycles. The van der Waals surface area contributed by atoms with Crippen LogP contribution in [-0.4, -0.2) is 54.3 Å². The molecular formula is C12H17N3O3. The number of hydrogen-bond acceptors (Lipinski definition) is 4. The maximum atomic E-state index is 12.2. The van der Waals surface area contributed by atoms with E-state index in [1.54, 1.807) is 0 Å². The zero-order valence-corrected chi connectivity index (χ0v) is 10.4. The molecule has 0 aromatic carbocycles. The highest BCUT2D eigenvalue weighted by Gasteiger charge is 2.62. The second-order valence-electron chi connectivity index (χ2n) is 5.67. The lowest BCUT2D eigenvalue weighted by Gasteiger charge is -2.31. The fourth-order valence-electron chi connectivity index (χ4n) is 2.90. The lowest BCUT2D eigenvalue weighted by molar-refractivity contribution is -0.145. The van der Waals surface area contributed by atoms with Crippen molar-refractivity contribution in [3.05, 3.63) is 0 Å². The number of urea groups is 1. The van der Waals surface area contributed by atoms with Gasteiger partial charge in [0, 0.05) is 13.1 Å². The number of amides is 4. The van der Waals surface area contributed by atoms with E-state index < -0.39 is 17.4 Å². The standard InChI is InChI=1S/C12H17N3O3/c1-14-5-2-8(6-14)7-15-10(17)12(3-4-12)9(16)13-11(15)18/h8H,2-7H2,1H3,(H,13,16,18). The minimum atomic E-state index is -0.904. The van der Waals surface area contributed by atoms with Gasteiger partial charge in [-0.05, 0) is 38.8 Å². The SMILES string of the molecule is CN1CCC(CN2C(=O)NC(=O)C3(CC3)C2=O)C1. The highest BCUT2D eigenvalue weighted by Crippen LogP contribution is 2.49. The number of rotatable bonds is 2. The van der Waals surface area contributed by atoms with Crippen LogP contribution in [0.15, 0.2) is 0 Å². The summed E-state index contributed by atoms with van der Waals surface area (Å²) in [5, 5.41) is 2.31. The maximum absolute atomic E-state index is 12.2. The highest BCUT2D eigenvalue weighted by atomic mass is 16.2. The van der Waals surface area contributed by atoms with Gasteiger partial charge in [-0.1, -0.05) is 0 Å². The number of carbonyl (C=O) groups excluding carboxylic acids is 3. The summed E-state index contributed by atoms with van der Waals surface area (Å²) in [6, 6.07) is -0.544. The van der Waals surface area contributed by atoms with E-state index in [2.05, 4.69) is 10.2 Å². The Labute approximate surface area is 105 Å². The van der Waals surface area contributed by atoms with E-state index in [-0.39, 0.29) is 5.91 Å². The first-order valence-electron chi connectivity index (χ1n) is 6.39. The van der Waals surface area contributed by atoms with E-state index in [0.717, 1.165) is 19.5 Å². The number of carbonyl (C=O) groups is 3. The van der Waals surface area contributed by atoms with Crippen molar-refractivity contribution in [1.29, 1.82) is 0 Å². The van der Waals surface area contributed by atoms with Crippen molar-refractivity contribution >= 4 is 17.8 Å². The normalized spacial score (nSPS) is 31.1. The Morgan fingerprint density at radius 1 is 1.33 bits per heavy atom. The van der Waals surface area contributed by atoms with Crippen LogP contribution in [0.25, 0.3) is 0 Å². The average molecular weight is 251 g/mol. The summed E-state index contributed by atoms with van der Waals surface area (Å²) in [6.45, 7) is 2.33. The van der Waals surface area contributed by atoms with Crippen molar-refractivity contribution < 1.29 is 14.4 Å². The fourth-order valence-corrected chi connectivity index (χ4v) is 2.90. The Kier molecular flexibility index (Phi) is 2.45. The number of hydrogen-bond donors (Lipinski definition) is 1. The molecule has 3 rings (SSSR count). The van der Waals surface area contributed by atoms with Gasteiger partial charge in [-0.2, -0.15) is 0 Å². The molecule has 0 aromatic heterocycles. The smallest absolute Gasteiger partial charge is 0.306 e. The molecule has 1 N–H and O–H groups in total. The van der Waals surface area contributed by atoms with Crippen LogP contribution in [0.3, 0.4) is 0 Å². The number of likely N-dealkylation sites (tertiary alicyclic amines) is 1. The van der Waals surface area contributed by atoms with E-state index in [0.29, 0.717) is 25.3 Å². The lowest BCUT2D eigenvalue weighted by atomic mass is 10.00. The lowest BCUT2D eigenvalue weighted by Crippen LogP contribution is -2.60. The Morgan fingerprint density at radius 2 is 2.06 bits per heavy atom. The van der Waals surface area contributed by atoms with Crippen LogP contribution in [0.1, 0.15) is 19.3 Å². The van der Waals surface area contributed by atoms with Crippen molar-refractivity contribution in [1.82, 2.24) is 15.1 Å². The number of barbiturate groups is 1. The minimum absolute atomic E-state index is 0.286. The molecule has 0 bridgehead atoms. The Morgan fingerprint density at radius 3 is 2.61 bits per heavy atom. The molecule has 1 aliphatic carbocycles. The largest absolute Gasteiger partial charge is 0.330 e. The van der Waals surface area contributed by atoms with E-state index in [9.17, 15) is 14.4 Å². The van der Waals surface area contributed by atoms with Crippen molar-refractivity contribution in [2.24, 2.45) is 11.3 Å². The van der Waals surface area contributed by atoms with Gasteiger partial charge in [0.25, 0.3) is 0 Å². The molecule has 4 amide bonds. The molecule has 3 fully saturated rings. The first-order chi connectivity index (χ1) is 8.53. The maximum Gasteiger partial charge on any atom is 0.330 e. The first kappa shape index (κ1) is 11.6. The Bertz CT molecular complexity index is 430. The number of imide groups is 2. The van der Waals surface area contributed by atoms with E-state index in [1.807, 2.05) is 7.05 Å². The monoisotopic (exact) mass is 251 g/mol. The van der Waals surface area contributed by atoms with Crippen LogP contribution in [0.4, 0.5) is 4.79 Å². The van der Waals surface area contributed by atoms with Crippen LogP contribution >= 0.6 is 0 Å². The number of nitrogens with zero attached hydrogens (tertiary/aromatic N) is 2. The van der Waals surface area contributed by atoms with Gasteiger partial charge in [0.2, 0.25) is 11.8 Å². The summed E-state index contributed by atoms with van der Waals surface area (Å²) in [4.78, 5) is 39.1. The summed E-state index contributed by atoms with van der Waals surface area (Å²) in [5.74, 6) is -0.364. The molecule has 0 aromatic rings. The number of nitrogens with one attached hydrogen (secondary N) is 1. The minimum Gasteiger partial charge on any atom is -0.306 e. The van der Waals surface area contributed by atoms with Crippen LogP contribution in [0, 0.1) is 11.3 Å². The molecule has 1 saturated carbocycles. The topological polar surface area (TPSA) is 69.7 Å². The summed E-state index contributed by atoms with van der Waals surface area (Å²) in [5.41, 5.74) is -0.904. The van der Waals surface area contributed by atoms with E-state index in [1.165, 1.54) is 4.90 Å². The zero-order valence-electron chi connectivity index (χ0n) is 10.4. The third-order valence-electron chi connectivity index (χ3n) is 4.23. The van der Waals surface area contributed by atoms with Crippen molar-refractivity contribution in [2.45, 2.75) is 19.3 Å². The molecule has 18 heavy (non-hydrogen) atoms. The molecule has 0 radical (unpaired) electrons. The van der Waals surface area contributed by atoms with Gasteiger partial charge in [-0.15, -0.1) is 0 Å². The van der Waals surface area contributed by atoms with Crippen LogP contribution in [0.5, 0.6) is 0 Å².